The van der Waals surface area contributed by atoms with Gasteiger partial charge in [0, 0.05) is 41.3 Å². The molecule has 0 saturated carbocycles. The van der Waals surface area contributed by atoms with E-state index in [2.05, 4.69) is 41.8 Å². The van der Waals surface area contributed by atoms with E-state index >= 15 is 0 Å². The summed E-state index contributed by atoms with van der Waals surface area (Å²) in [6.07, 6.45) is 1.63. The molecule has 1 fully saturated rings. The first-order valence-electron chi connectivity index (χ1n) is 12.2. The maximum Gasteiger partial charge on any atom is 0.243 e. The normalized spacial score (nSPS) is 15.7. The maximum absolute atomic E-state index is 13.3. The van der Waals surface area contributed by atoms with E-state index in [4.69, 9.17) is 11.6 Å². The summed E-state index contributed by atoms with van der Waals surface area (Å²) >= 11 is 6.24. The number of hydrogen-bond donors (Lipinski definition) is 0. The van der Waals surface area contributed by atoms with Crippen LogP contribution in [-0.4, -0.2) is 30.4 Å². The minimum absolute atomic E-state index is 0.326. The molecule has 0 unspecified atom stereocenters. The largest absolute Gasteiger partial charge is 0.340 e. The number of aryl methyl sites for hydroxylation is 2. The molecule has 0 spiro atoms. The minimum Gasteiger partial charge on any atom is -0.340 e. The molecule has 0 radical (unpaired) electrons. The van der Waals surface area contributed by atoms with Crippen LogP contribution in [0.1, 0.15) is 46.7 Å². The second kappa shape index (κ2) is 9.45. The van der Waals surface area contributed by atoms with E-state index in [-0.39, 0.29) is 0 Å². The fourth-order valence-corrected chi connectivity index (χ4v) is 7.17. The zero-order chi connectivity index (χ0) is 24.7. The fourth-order valence-electron chi connectivity index (χ4n) is 5.40. The van der Waals surface area contributed by atoms with Crippen LogP contribution in [0.5, 0.6) is 0 Å². The van der Waals surface area contributed by atoms with Gasteiger partial charge in [0.05, 0.1) is 4.90 Å². The Labute approximate surface area is 213 Å². The van der Waals surface area contributed by atoms with E-state index in [1.807, 2.05) is 38.1 Å². The molecule has 6 heteroatoms. The van der Waals surface area contributed by atoms with Gasteiger partial charge in [-0.25, -0.2) is 8.42 Å². The number of nitrogens with zero attached hydrogens (tertiary/aromatic N) is 2. The number of benzene rings is 3. The summed E-state index contributed by atoms with van der Waals surface area (Å²) in [5.41, 5.74) is 7.09. The summed E-state index contributed by atoms with van der Waals surface area (Å²) in [5.74, 6) is 0.326. The minimum atomic E-state index is -3.48. The fraction of sp³-hybridized carbons (Fsp3) is 0.310. The maximum atomic E-state index is 13.3. The molecule has 2 heterocycles. The van der Waals surface area contributed by atoms with Crippen molar-refractivity contribution in [3.63, 3.8) is 0 Å². The third-order valence-electron chi connectivity index (χ3n) is 7.49. The Morgan fingerprint density at radius 2 is 1.63 bits per heavy atom. The van der Waals surface area contributed by atoms with Gasteiger partial charge >= 0.3 is 0 Å². The lowest BCUT2D eigenvalue weighted by molar-refractivity contribution is 0.319. The van der Waals surface area contributed by atoms with Crippen molar-refractivity contribution in [3.05, 3.63) is 99.7 Å². The molecule has 0 bridgehead atoms. The molecule has 5 rings (SSSR count). The van der Waals surface area contributed by atoms with Crippen LogP contribution in [0.2, 0.25) is 5.02 Å². The van der Waals surface area contributed by atoms with Crippen molar-refractivity contribution in [3.8, 4) is 0 Å². The third-order valence-corrected chi connectivity index (χ3v) is 9.62. The summed E-state index contributed by atoms with van der Waals surface area (Å²) in [6.45, 7) is 7.98. The zero-order valence-corrected chi connectivity index (χ0v) is 22.0. The van der Waals surface area contributed by atoms with E-state index in [0.29, 0.717) is 23.9 Å². The van der Waals surface area contributed by atoms with Crippen LogP contribution >= 0.6 is 11.6 Å². The second-order valence-corrected chi connectivity index (χ2v) is 12.0. The molecule has 0 amide bonds. The molecule has 4 aromatic rings. The van der Waals surface area contributed by atoms with E-state index < -0.39 is 10.0 Å². The number of rotatable bonds is 5. The van der Waals surface area contributed by atoms with Crippen LogP contribution in [0.15, 0.2) is 71.6 Å². The number of fused-ring (bicyclic) bond motifs is 1. The zero-order valence-electron chi connectivity index (χ0n) is 20.5. The molecule has 3 aromatic carbocycles. The number of para-hydroxylation sites is 1. The molecule has 0 atom stereocenters. The SMILES string of the molecule is Cc1ccc(S(=O)(=O)N2CCC(c3c(C)n(Cc4cccc(Cl)c4)c4ccccc34)CC2)cc1C. The average Bonchev–Trinajstić information content (AvgIpc) is 3.12. The summed E-state index contributed by atoms with van der Waals surface area (Å²) in [6, 6.07) is 22.0. The van der Waals surface area contributed by atoms with Crippen molar-refractivity contribution in [2.75, 3.05) is 13.1 Å². The summed E-state index contributed by atoms with van der Waals surface area (Å²) in [4.78, 5) is 0.397. The quantitative estimate of drug-likeness (QED) is 0.297. The second-order valence-electron chi connectivity index (χ2n) is 9.66. The van der Waals surface area contributed by atoms with Gasteiger partial charge < -0.3 is 4.57 Å². The van der Waals surface area contributed by atoms with Gasteiger partial charge in [-0.1, -0.05) is 48.0 Å². The number of aromatic nitrogens is 1. The third kappa shape index (κ3) is 4.53. The highest BCUT2D eigenvalue weighted by molar-refractivity contribution is 7.89. The Kier molecular flexibility index (Phi) is 6.51. The van der Waals surface area contributed by atoms with E-state index in [0.717, 1.165) is 35.5 Å². The summed E-state index contributed by atoms with van der Waals surface area (Å²) in [7, 11) is -3.48. The van der Waals surface area contributed by atoms with Crippen LogP contribution < -0.4 is 0 Å². The molecule has 0 N–H and O–H groups in total. The van der Waals surface area contributed by atoms with Crippen LogP contribution in [-0.2, 0) is 16.6 Å². The summed E-state index contributed by atoms with van der Waals surface area (Å²) < 4.78 is 30.7. The van der Waals surface area contributed by atoms with Gasteiger partial charge in [0.15, 0.2) is 0 Å². The lowest BCUT2D eigenvalue weighted by Gasteiger charge is -2.32. The lowest BCUT2D eigenvalue weighted by Crippen LogP contribution is -2.38. The molecule has 1 aliphatic rings. The molecule has 1 aliphatic heterocycles. The molecule has 1 aromatic heterocycles. The Balaban J connectivity index is 1.42. The number of hydrogen-bond acceptors (Lipinski definition) is 2. The Morgan fingerprint density at radius 3 is 2.34 bits per heavy atom. The highest BCUT2D eigenvalue weighted by Gasteiger charge is 2.32. The van der Waals surface area contributed by atoms with Crippen molar-refractivity contribution in [2.24, 2.45) is 0 Å². The topological polar surface area (TPSA) is 42.3 Å². The molecule has 35 heavy (non-hydrogen) atoms. The van der Waals surface area contributed by atoms with E-state index in [9.17, 15) is 8.42 Å². The lowest BCUT2D eigenvalue weighted by atomic mass is 9.88. The monoisotopic (exact) mass is 506 g/mol. The molecule has 182 valence electrons. The van der Waals surface area contributed by atoms with Crippen LogP contribution in [0.25, 0.3) is 10.9 Å². The van der Waals surface area contributed by atoms with Gasteiger partial charge in [-0.2, -0.15) is 4.31 Å². The van der Waals surface area contributed by atoms with Gasteiger partial charge in [-0.3, -0.25) is 0 Å². The highest BCUT2D eigenvalue weighted by Crippen LogP contribution is 2.39. The highest BCUT2D eigenvalue weighted by atomic mass is 35.5. The smallest absolute Gasteiger partial charge is 0.243 e. The number of sulfonamides is 1. The van der Waals surface area contributed by atoms with E-state index in [1.54, 1.807) is 16.4 Å². The van der Waals surface area contributed by atoms with Gasteiger partial charge in [-0.05, 0) is 92.1 Å². The van der Waals surface area contributed by atoms with Crippen molar-refractivity contribution in [1.29, 1.82) is 0 Å². The number of halogens is 1. The molecule has 1 saturated heterocycles. The van der Waals surface area contributed by atoms with Crippen molar-refractivity contribution >= 4 is 32.5 Å². The van der Waals surface area contributed by atoms with Crippen LogP contribution in [0.4, 0.5) is 0 Å². The predicted octanol–water partition coefficient (Wildman–Crippen LogP) is 6.84. The summed E-state index contributed by atoms with van der Waals surface area (Å²) in [5, 5.41) is 2.01. The van der Waals surface area contributed by atoms with Gasteiger partial charge in [0.2, 0.25) is 10.0 Å². The predicted molar refractivity (Wildman–Crippen MR) is 144 cm³/mol. The van der Waals surface area contributed by atoms with Gasteiger partial charge in [0.1, 0.15) is 0 Å². The Hall–Kier alpha value is -2.60. The first kappa shape index (κ1) is 24.1. The van der Waals surface area contributed by atoms with Crippen molar-refractivity contribution in [2.45, 2.75) is 51.0 Å². The van der Waals surface area contributed by atoms with Gasteiger partial charge in [-0.15, -0.1) is 0 Å². The first-order chi connectivity index (χ1) is 16.8. The van der Waals surface area contributed by atoms with Crippen molar-refractivity contribution in [1.82, 2.24) is 8.87 Å². The molecular formula is C29H31ClN2O2S. The first-order valence-corrected chi connectivity index (χ1v) is 14.0. The van der Waals surface area contributed by atoms with Gasteiger partial charge in [0.25, 0.3) is 0 Å². The molecule has 0 aliphatic carbocycles. The number of piperidine rings is 1. The van der Waals surface area contributed by atoms with Crippen LogP contribution in [0, 0.1) is 20.8 Å². The van der Waals surface area contributed by atoms with Crippen LogP contribution in [0.3, 0.4) is 0 Å². The van der Waals surface area contributed by atoms with Crippen molar-refractivity contribution < 1.29 is 8.42 Å². The molecular weight excluding hydrogens is 476 g/mol. The Bertz CT molecular complexity index is 1500. The molecule has 4 nitrogen and oxygen atoms in total. The van der Waals surface area contributed by atoms with E-state index in [1.165, 1.54) is 27.7 Å². The average molecular weight is 507 g/mol. The standard InChI is InChI=1S/C29H31ClN2O2S/c1-20-11-12-26(17-21(20)2)35(33,34)31-15-13-24(14-16-31)29-22(3)32(28-10-5-4-9-27(28)29)19-23-7-6-8-25(30)18-23/h4-12,17-18,24H,13-16,19H2,1-3H3. The Morgan fingerprint density at radius 1 is 0.886 bits per heavy atom.